The molecule has 5 nitrogen and oxygen atoms in total. The van der Waals surface area contributed by atoms with Crippen molar-refractivity contribution in [3.63, 3.8) is 0 Å². The van der Waals surface area contributed by atoms with Crippen LogP contribution >= 0.6 is 0 Å². The van der Waals surface area contributed by atoms with E-state index in [-0.39, 0.29) is 5.41 Å². The number of carbonyl (C=O) groups excluding carboxylic acids is 2. The molecule has 5 heteroatoms. The number of carbonyl (C=O) groups is 2. The van der Waals surface area contributed by atoms with Crippen LogP contribution in [0.2, 0.25) is 0 Å². The van der Waals surface area contributed by atoms with Crippen molar-refractivity contribution in [1.82, 2.24) is 5.48 Å². The molecule has 0 heterocycles. The van der Waals surface area contributed by atoms with E-state index in [0.717, 1.165) is 32.0 Å². The quantitative estimate of drug-likeness (QED) is 0.478. The third-order valence-electron chi connectivity index (χ3n) is 3.61. The number of rotatable bonds is 5. The van der Waals surface area contributed by atoms with E-state index < -0.39 is 11.7 Å². The van der Waals surface area contributed by atoms with Gasteiger partial charge < -0.3 is 9.53 Å². The molecule has 0 spiro atoms. The summed E-state index contributed by atoms with van der Waals surface area (Å²) in [4.78, 5) is 27.7. The van der Waals surface area contributed by atoms with Crippen molar-refractivity contribution in [3.05, 3.63) is 0 Å². The fourth-order valence-electron chi connectivity index (χ4n) is 2.61. The zero-order valence-corrected chi connectivity index (χ0v) is 12.9. The van der Waals surface area contributed by atoms with Gasteiger partial charge in [-0.05, 0) is 33.6 Å². The van der Waals surface area contributed by atoms with E-state index in [0.29, 0.717) is 13.0 Å². The number of hydrogen-bond acceptors (Lipinski definition) is 4. The summed E-state index contributed by atoms with van der Waals surface area (Å²) in [6.45, 7) is 5.76. The maximum absolute atomic E-state index is 11.5. The fourth-order valence-corrected chi connectivity index (χ4v) is 2.61. The van der Waals surface area contributed by atoms with Crippen molar-refractivity contribution in [2.24, 2.45) is 5.41 Å². The number of hydroxylamine groups is 1. The van der Waals surface area contributed by atoms with E-state index in [1.165, 1.54) is 12.8 Å². The molecule has 1 aliphatic rings. The first-order valence-corrected chi connectivity index (χ1v) is 7.41. The van der Waals surface area contributed by atoms with Crippen LogP contribution in [0.25, 0.3) is 0 Å². The van der Waals surface area contributed by atoms with Crippen molar-refractivity contribution >= 4 is 12.4 Å². The highest BCUT2D eigenvalue weighted by Crippen LogP contribution is 2.37. The van der Waals surface area contributed by atoms with Crippen LogP contribution in [0.3, 0.4) is 0 Å². The largest absolute Gasteiger partial charge is 0.442 e. The van der Waals surface area contributed by atoms with Crippen LogP contribution in [-0.4, -0.2) is 24.6 Å². The van der Waals surface area contributed by atoms with Crippen molar-refractivity contribution in [2.75, 3.05) is 6.61 Å². The molecule has 0 aromatic heterocycles. The third-order valence-corrected chi connectivity index (χ3v) is 3.61. The van der Waals surface area contributed by atoms with Crippen molar-refractivity contribution < 1.29 is 19.2 Å². The molecule has 1 N–H and O–H groups in total. The van der Waals surface area contributed by atoms with Crippen molar-refractivity contribution in [1.29, 1.82) is 0 Å². The topological polar surface area (TPSA) is 64.6 Å². The molecule has 0 aromatic carbocycles. The van der Waals surface area contributed by atoms with E-state index in [9.17, 15) is 9.59 Å². The van der Waals surface area contributed by atoms with Crippen molar-refractivity contribution in [3.8, 4) is 0 Å². The number of amides is 1. The Hall–Kier alpha value is -1.10. The average Bonchev–Trinajstić information content (AvgIpc) is 2.53. The lowest BCUT2D eigenvalue weighted by molar-refractivity contribution is -0.112. The van der Waals surface area contributed by atoms with Gasteiger partial charge in [0.1, 0.15) is 11.9 Å². The summed E-state index contributed by atoms with van der Waals surface area (Å²) in [6, 6.07) is 0. The first-order valence-electron chi connectivity index (χ1n) is 7.41. The molecule has 20 heavy (non-hydrogen) atoms. The molecule has 0 saturated heterocycles. The Morgan fingerprint density at radius 2 is 1.80 bits per heavy atom. The maximum atomic E-state index is 11.5. The summed E-state index contributed by atoms with van der Waals surface area (Å²) in [5.74, 6) is 0. The number of nitrogens with one attached hydrogen (secondary N) is 1. The van der Waals surface area contributed by atoms with E-state index in [1.54, 1.807) is 20.8 Å². The lowest BCUT2D eigenvalue weighted by atomic mass is 9.79. The fraction of sp³-hybridized carbons (Fsp3) is 0.867. The minimum absolute atomic E-state index is 0.132. The van der Waals surface area contributed by atoms with Crippen molar-refractivity contribution in [2.45, 2.75) is 71.3 Å². The smallest absolute Gasteiger partial charge is 0.431 e. The Morgan fingerprint density at radius 1 is 1.20 bits per heavy atom. The van der Waals surface area contributed by atoms with Gasteiger partial charge in [-0.15, -0.1) is 0 Å². The summed E-state index contributed by atoms with van der Waals surface area (Å²) in [7, 11) is 0. The number of ether oxygens (including phenoxy) is 1. The molecule has 1 rings (SSSR count). The van der Waals surface area contributed by atoms with Crippen LogP contribution in [0, 0.1) is 5.41 Å². The minimum atomic E-state index is -0.590. The molecule has 0 radical (unpaired) electrons. The summed E-state index contributed by atoms with van der Waals surface area (Å²) in [6.07, 6.45) is 7.45. The molecule has 116 valence electrons. The van der Waals surface area contributed by atoms with Gasteiger partial charge >= 0.3 is 6.09 Å². The molecule has 0 aromatic rings. The Labute approximate surface area is 121 Å². The van der Waals surface area contributed by atoms with Gasteiger partial charge in [-0.3, -0.25) is 4.84 Å². The van der Waals surface area contributed by atoms with E-state index in [2.05, 4.69) is 5.48 Å². The molecule has 1 aliphatic carbocycles. The van der Waals surface area contributed by atoms with Crippen LogP contribution in [0.5, 0.6) is 0 Å². The first kappa shape index (κ1) is 17.0. The normalized spacial score (nSPS) is 18.9. The third kappa shape index (κ3) is 6.37. The summed E-state index contributed by atoms with van der Waals surface area (Å²) in [5, 5.41) is 0. The first-order chi connectivity index (χ1) is 9.37. The summed E-state index contributed by atoms with van der Waals surface area (Å²) < 4.78 is 5.10. The number of hydrogen-bond donors (Lipinski definition) is 1. The van der Waals surface area contributed by atoms with Gasteiger partial charge in [0, 0.05) is 11.8 Å². The SMILES string of the molecule is CC(C)(C)OC(=O)NOCC1(CC=O)CCCCCC1. The van der Waals surface area contributed by atoms with Crippen LogP contribution in [0.4, 0.5) is 4.79 Å². The van der Waals surface area contributed by atoms with Gasteiger partial charge in [-0.2, -0.15) is 5.48 Å². The predicted molar refractivity (Wildman–Crippen MR) is 76.1 cm³/mol. The molecule has 0 aliphatic heterocycles. The Balaban J connectivity index is 2.42. The van der Waals surface area contributed by atoms with Gasteiger partial charge in [0.15, 0.2) is 0 Å². The predicted octanol–water partition coefficient (Wildman–Crippen LogP) is 3.37. The Morgan fingerprint density at radius 3 is 2.30 bits per heavy atom. The average molecular weight is 285 g/mol. The molecule has 1 saturated carbocycles. The molecule has 1 amide bonds. The molecule has 0 atom stereocenters. The second-order valence-corrected chi connectivity index (χ2v) is 6.68. The van der Waals surface area contributed by atoms with Crippen LogP contribution < -0.4 is 5.48 Å². The molecule has 0 unspecified atom stereocenters. The molecule has 0 bridgehead atoms. The highest BCUT2D eigenvalue weighted by atomic mass is 16.7. The van der Waals surface area contributed by atoms with E-state index >= 15 is 0 Å². The Kier molecular flexibility index (Phi) is 6.46. The van der Waals surface area contributed by atoms with Gasteiger partial charge in [0.05, 0.1) is 6.61 Å². The molecular formula is C15H27NO4. The lowest BCUT2D eigenvalue weighted by Gasteiger charge is -2.30. The lowest BCUT2D eigenvalue weighted by Crippen LogP contribution is -2.36. The molecule has 1 fully saturated rings. The second kappa shape index (κ2) is 7.62. The standard InChI is InChI=1S/C15H27NO4/c1-14(2,3)20-13(18)16-19-12-15(10-11-17)8-6-4-5-7-9-15/h11H,4-10,12H2,1-3H3,(H,16,18). The van der Waals surface area contributed by atoms with Gasteiger partial charge in [0.2, 0.25) is 0 Å². The van der Waals surface area contributed by atoms with Crippen LogP contribution in [0.1, 0.15) is 65.7 Å². The zero-order chi connectivity index (χ0) is 15.1. The summed E-state index contributed by atoms with van der Waals surface area (Å²) >= 11 is 0. The highest BCUT2D eigenvalue weighted by Gasteiger charge is 2.31. The zero-order valence-electron chi connectivity index (χ0n) is 12.9. The van der Waals surface area contributed by atoms with Gasteiger partial charge in [-0.25, -0.2) is 4.79 Å². The van der Waals surface area contributed by atoms with Gasteiger partial charge in [-0.1, -0.05) is 25.7 Å². The second-order valence-electron chi connectivity index (χ2n) is 6.68. The van der Waals surface area contributed by atoms with Gasteiger partial charge in [0.25, 0.3) is 0 Å². The number of aldehydes is 1. The summed E-state index contributed by atoms with van der Waals surface area (Å²) in [5.41, 5.74) is 1.64. The maximum Gasteiger partial charge on any atom is 0.431 e. The Bertz CT molecular complexity index is 314. The van der Waals surface area contributed by atoms with Crippen LogP contribution in [-0.2, 0) is 14.4 Å². The van der Waals surface area contributed by atoms with Crippen LogP contribution in [0.15, 0.2) is 0 Å². The monoisotopic (exact) mass is 285 g/mol. The highest BCUT2D eigenvalue weighted by molar-refractivity contribution is 5.66. The van der Waals surface area contributed by atoms with E-state index in [4.69, 9.17) is 9.57 Å². The molecular weight excluding hydrogens is 258 g/mol. The van der Waals surface area contributed by atoms with E-state index in [1.807, 2.05) is 0 Å². The minimum Gasteiger partial charge on any atom is -0.442 e.